The summed E-state index contributed by atoms with van der Waals surface area (Å²) in [7, 11) is 0. The molecule has 0 radical (unpaired) electrons. The topological polar surface area (TPSA) is 118 Å². The average molecular weight is 496 g/mol. The zero-order chi connectivity index (χ0) is 25.0. The molecule has 2 saturated carbocycles. The number of nitro benzene ring substituents is 1. The molecule has 180 valence electrons. The van der Waals surface area contributed by atoms with Gasteiger partial charge < -0.3 is 0 Å². The van der Waals surface area contributed by atoms with Crippen molar-refractivity contribution in [2.24, 2.45) is 23.7 Å². The second-order valence-corrected chi connectivity index (χ2v) is 9.81. The molecule has 0 aromatic heterocycles. The van der Waals surface area contributed by atoms with Crippen LogP contribution in [0.5, 0.6) is 0 Å². The number of nitrogens with zero attached hydrogens (tertiary/aromatic N) is 3. The van der Waals surface area contributed by atoms with Gasteiger partial charge in [-0.1, -0.05) is 11.6 Å². The highest BCUT2D eigenvalue weighted by Crippen LogP contribution is 2.56. The lowest BCUT2D eigenvalue weighted by atomic mass is 9.81. The van der Waals surface area contributed by atoms with Crippen LogP contribution >= 0.6 is 11.6 Å². The van der Waals surface area contributed by atoms with Gasteiger partial charge in [0.15, 0.2) is 5.78 Å². The van der Waals surface area contributed by atoms with Crippen molar-refractivity contribution in [1.82, 2.24) is 10.0 Å². The summed E-state index contributed by atoms with van der Waals surface area (Å²) in [6.45, 7) is 1.46. The van der Waals surface area contributed by atoms with E-state index in [4.69, 9.17) is 11.6 Å². The molecule has 9 nitrogen and oxygen atoms in total. The number of rotatable bonds is 6. The Bertz CT molecular complexity index is 1220. The fraction of sp³-hybridized carbons (Fsp3) is 0.360. The minimum Gasteiger partial charge on any atom is -0.292 e. The Hall–Kier alpha value is -3.59. The zero-order valence-electron chi connectivity index (χ0n) is 18.8. The Labute approximate surface area is 205 Å². The molecule has 3 fully saturated rings. The molecule has 10 heteroatoms. The molecule has 0 spiro atoms. The molecule has 5 rings (SSSR count). The lowest BCUT2D eigenvalue weighted by molar-refractivity contribution is -0.384. The van der Waals surface area contributed by atoms with Gasteiger partial charge in [-0.15, -0.1) is 0 Å². The number of hydrogen-bond acceptors (Lipinski definition) is 6. The quantitative estimate of drug-likeness (QED) is 0.259. The van der Waals surface area contributed by atoms with E-state index in [1.165, 1.54) is 55.5 Å². The van der Waals surface area contributed by atoms with Gasteiger partial charge in [0.05, 0.1) is 16.8 Å². The van der Waals surface area contributed by atoms with Crippen LogP contribution in [0.15, 0.2) is 48.5 Å². The maximum atomic E-state index is 13.7. The first-order chi connectivity index (χ1) is 16.7. The van der Waals surface area contributed by atoms with Crippen LogP contribution in [0.25, 0.3) is 0 Å². The van der Waals surface area contributed by atoms with Crippen molar-refractivity contribution in [3.8, 4) is 0 Å². The highest BCUT2D eigenvalue weighted by molar-refractivity contribution is 6.30. The molecule has 1 saturated heterocycles. The summed E-state index contributed by atoms with van der Waals surface area (Å²) in [6, 6.07) is 9.75. The van der Waals surface area contributed by atoms with E-state index in [2.05, 4.69) is 0 Å². The lowest BCUT2D eigenvalue weighted by Gasteiger charge is -2.35. The molecular weight excluding hydrogens is 474 g/mol. The van der Waals surface area contributed by atoms with Crippen molar-refractivity contribution in [2.75, 3.05) is 0 Å². The Morgan fingerprint density at radius 1 is 0.971 bits per heavy atom. The minimum atomic E-state index is -1.19. The summed E-state index contributed by atoms with van der Waals surface area (Å²) in [5.41, 5.74) is 0.0765. The van der Waals surface area contributed by atoms with Crippen molar-refractivity contribution in [3.05, 3.63) is 74.8 Å². The maximum Gasteiger partial charge on any atom is 0.273 e. The number of carbonyl (C=O) groups is 4. The summed E-state index contributed by atoms with van der Waals surface area (Å²) in [6.07, 6.45) is 2.57. The SMILES string of the molecule is C[C@H](C(=O)c1ccc(Cl)cc1)N(C(=O)c1ccc([N+](=O)[O-])cc1)N1C(=O)[C@H]2[C@H]3CC[C@@H](C3)[C@@H]2C1=O. The number of non-ortho nitro benzene ring substituents is 1. The van der Waals surface area contributed by atoms with Gasteiger partial charge >= 0.3 is 0 Å². The molecule has 0 N–H and O–H groups in total. The van der Waals surface area contributed by atoms with E-state index in [-0.39, 0.29) is 28.7 Å². The fourth-order valence-corrected chi connectivity index (χ4v) is 6.00. The van der Waals surface area contributed by atoms with Crippen LogP contribution in [-0.2, 0) is 9.59 Å². The molecular formula is C25H22ClN3O6. The Balaban J connectivity index is 1.53. The summed E-state index contributed by atoms with van der Waals surface area (Å²) in [5, 5.41) is 13.3. The van der Waals surface area contributed by atoms with Gasteiger partial charge in [-0.05, 0) is 74.4 Å². The van der Waals surface area contributed by atoms with Gasteiger partial charge in [-0.3, -0.25) is 29.3 Å². The van der Waals surface area contributed by atoms with Crippen LogP contribution in [0.3, 0.4) is 0 Å². The lowest BCUT2D eigenvalue weighted by Crippen LogP contribution is -2.56. The third-order valence-corrected chi connectivity index (χ3v) is 7.78. The molecule has 3 aliphatic rings. The smallest absolute Gasteiger partial charge is 0.273 e. The molecule has 35 heavy (non-hydrogen) atoms. The predicted octanol–water partition coefficient (Wildman–Crippen LogP) is 3.91. The van der Waals surface area contributed by atoms with Crippen molar-refractivity contribution < 1.29 is 24.1 Å². The molecule has 2 aliphatic carbocycles. The number of hydrogen-bond donors (Lipinski definition) is 0. The number of carbonyl (C=O) groups excluding carboxylic acids is 4. The number of benzene rings is 2. The number of ketones is 1. The average Bonchev–Trinajstić information content (AvgIpc) is 3.54. The molecule has 0 unspecified atom stereocenters. The monoisotopic (exact) mass is 495 g/mol. The van der Waals surface area contributed by atoms with Gasteiger partial charge in [0.1, 0.15) is 6.04 Å². The van der Waals surface area contributed by atoms with E-state index in [9.17, 15) is 29.3 Å². The Kier molecular flexibility index (Phi) is 5.67. The highest BCUT2D eigenvalue weighted by Gasteiger charge is 2.63. The predicted molar refractivity (Wildman–Crippen MR) is 124 cm³/mol. The minimum absolute atomic E-state index is 0.0204. The first-order valence-corrected chi connectivity index (χ1v) is 11.8. The normalized spacial score (nSPS) is 25.5. The number of halogens is 1. The van der Waals surface area contributed by atoms with Gasteiger partial charge in [-0.2, -0.15) is 5.01 Å². The summed E-state index contributed by atoms with van der Waals surface area (Å²) >= 11 is 5.93. The number of amides is 3. The summed E-state index contributed by atoms with van der Waals surface area (Å²) in [5.74, 6) is -2.91. The van der Waals surface area contributed by atoms with E-state index in [1.54, 1.807) is 0 Å². The molecule has 2 aromatic rings. The molecule has 2 bridgehead atoms. The molecule has 2 aromatic carbocycles. The van der Waals surface area contributed by atoms with E-state index >= 15 is 0 Å². The molecule has 3 amide bonds. The Morgan fingerprint density at radius 2 is 1.49 bits per heavy atom. The van der Waals surface area contributed by atoms with Gasteiger partial charge in [-0.25, -0.2) is 5.01 Å². The number of hydrazine groups is 1. The van der Waals surface area contributed by atoms with Crippen molar-refractivity contribution in [1.29, 1.82) is 0 Å². The van der Waals surface area contributed by atoms with Crippen LogP contribution < -0.4 is 0 Å². The zero-order valence-corrected chi connectivity index (χ0v) is 19.6. The third-order valence-electron chi connectivity index (χ3n) is 7.53. The van der Waals surface area contributed by atoms with Crippen molar-refractivity contribution >= 4 is 40.8 Å². The summed E-state index contributed by atoms with van der Waals surface area (Å²) < 4.78 is 0. The van der Waals surface area contributed by atoms with Crippen LogP contribution in [0.2, 0.25) is 5.02 Å². The third kappa shape index (κ3) is 3.70. The molecule has 1 heterocycles. The standard InChI is InChI=1S/C25H22ClN3O6/c1-13(22(30)14-4-8-18(26)9-5-14)27(23(31)15-6-10-19(11-7-15)29(34)35)28-24(32)20-16-2-3-17(12-16)21(20)25(28)33/h4-11,13,16-17,20-21H,2-3,12H2,1H3/t13-,16+,17+,20+,21+/m1/s1. The van der Waals surface area contributed by atoms with Crippen molar-refractivity contribution in [3.63, 3.8) is 0 Å². The summed E-state index contributed by atoms with van der Waals surface area (Å²) in [4.78, 5) is 64.5. The van der Waals surface area contributed by atoms with Crippen molar-refractivity contribution in [2.45, 2.75) is 32.2 Å². The number of nitro groups is 1. The van der Waals surface area contributed by atoms with Crippen LogP contribution in [-0.4, -0.2) is 44.5 Å². The van der Waals surface area contributed by atoms with Gasteiger partial charge in [0, 0.05) is 28.3 Å². The Morgan fingerprint density at radius 3 is 2.00 bits per heavy atom. The number of imide groups is 1. The fourth-order valence-electron chi connectivity index (χ4n) is 5.87. The maximum absolute atomic E-state index is 13.7. The second-order valence-electron chi connectivity index (χ2n) is 9.37. The van der Waals surface area contributed by atoms with E-state index in [1.807, 2.05) is 0 Å². The highest BCUT2D eigenvalue weighted by atomic mass is 35.5. The largest absolute Gasteiger partial charge is 0.292 e. The molecule has 1 aliphatic heterocycles. The van der Waals surface area contributed by atoms with E-state index < -0.39 is 46.3 Å². The van der Waals surface area contributed by atoms with E-state index in [0.29, 0.717) is 5.02 Å². The number of fused-ring (bicyclic) bond motifs is 5. The first-order valence-electron chi connectivity index (χ1n) is 11.4. The van der Waals surface area contributed by atoms with Crippen LogP contribution in [0.1, 0.15) is 46.9 Å². The van der Waals surface area contributed by atoms with Gasteiger partial charge in [0.25, 0.3) is 23.4 Å². The van der Waals surface area contributed by atoms with E-state index in [0.717, 1.165) is 29.3 Å². The van der Waals surface area contributed by atoms with Crippen LogP contribution in [0, 0.1) is 33.8 Å². The second kappa shape index (κ2) is 8.57. The van der Waals surface area contributed by atoms with Gasteiger partial charge in [0.2, 0.25) is 0 Å². The first kappa shape index (κ1) is 23.2. The number of Topliss-reactive ketones (excluding diaryl/α,β-unsaturated/α-hetero) is 1. The van der Waals surface area contributed by atoms with Crippen LogP contribution in [0.4, 0.5) is 5.69 Å². The molecule has 5 atom stereocenters.